The highest BCUT2D eigenvalue weighted by atomic mass is 127. The third-order valence-electron chi connectivity index (χ3n) is 2.88. The molecule has 0 unspecified atom stereocenters. The van der Waals surface area contributed by atoms with Crippen LogP contribution >= 0.6 is 22.6 Å². The van der Waals surface area contributed by atoms with E-state index in [1.54, 1.807) is 4.90 Å². The van der Waals surface area contributed by atoms with Gasteiger partial charge in [0.25, 0.3) is 0 Å². The molecule has 0 aromatic heterocycles. The van der Waals surface area contributed by atoms with E-state index in [1.165, 1.54) is 0 Å². The zero-order valence-electron chi connectivity index (χ0n) is 11.8. The van der Waals surface area contributed by atoms with Crippen molar-refractivity contribution in [3.05, 3.63) is 27.3 Å². The van der Waals surface area contributed by atoms with Gasteiger partial charge in [0.2, 0.25) is 5.91 Å². The van der Waals surface area contributed by atoms with E-state index in [0.717, 1.165) is 14.8 Å². The van der Waals surface area contributed by atoms with Gasteiger partial charge in [-0.3, -0.25) is 14.5 Å². The lowest BCUT2D eigenvalue weighted by Crippen LogP contribution is -2.41. The Balaban J connectivity index is 2.68. The fourth-order valence-electron chi connectivity index (χ4n) is 1.74. The van der Waals surface area contributed by atoms with Crippen LogP contribution in [0.1, 0.15) is 19.4 Å². The Morgan fingerprint density at radius 3 is 2.50 bits per heavy atom. The van der Waals surface area contributed by atoms with Gasteiger partial charge in [-0.2, -0.15) is 0 Å². The van der Waals surface area contributed by atoms with Crippen molar-refractivity contribution in [1.29, 1.82) is 0 Å². The number of nitrogens with one attached hydrogen (secondary N) is 1. The van der Waals surface area contributed by atoms with Crippen molar-refractivity contribution in [2.75, 3.05) is 18.4 Å². The predicted octanol–water partition coefficient (Wildman–Crippen LogP) is 2.33. The summed E-state index contributed by atoms with van der Waals surface area (Å²) >= 11 is 2.21. The summed E-state index contributed by atoms with van der Waals surface area (Å²) in [6, 6.07) is 5.75. The second-order valence-corrected chi connectivity index (χ2v) is 6.15. The first-order chi connectivity index (χ1) is 9.29. The molecule has 5 nitrogen and oxygen atoms in total. The summed E-state index contributed by atoms with van der Waals surface area (Å²) < 4.78 is 1.10. The summed E-state index contributed by atoms with van der Waals surface area (Å²) in [6.45, 7) is 5.58. The number of carboxylic acids is 1. The average Bonchev–Trinajstić information content (AvgIpc) is 2.31. The standard InChI is InChI=1S/C14H19IN2O3/c1-9(2)17(8-14(19)20)7-13(18)16-12-5-4-11(15)6-10(12)3/h4-6,9H,7-8H2,1-3H3,(H,16,18)(H,19,20). The van der Waals surface area contributed by atoms with Crippen molar-refractivity contribution in [3.8, 4) is 0 Å². The highest BCUT2D eigenvalue weighted by molar-refractivity contribution is 14.1. The molecular formula is C14H19IN2O3. The molecule has 0 fully saturated rings. The lowest BCUT2D eigenvalue weighted by atomic mass is 10.2. The molecule has 0 aliphatic carbocycles. The average molecular weight is 390 g/mol. The topological polar surface area (TPSA) is 69.6 Å². The van der Waals surface area contributed by atoms with Gasteiger partial charge in [-0.05, 0) is 67.1 Å². The van der Waals surface area contributed by atoms with E-state index in [2.05, 4.69) is 27.9 Å². The lowest BCUT2D eigenvalue weighted by Gasteiger charge is -2.23. The van der Waals surface area contributed by atoms with Crippen LogP contribution in [0.2, 0.25) is 0 Å². The van der Waals surface area contributed by atoms with Crippen LogP contribution < -0.4 is 5.32 Å². The Morgan fingerprint density at radius 2 is 2.00 bits per heavy atom. The van der Waals surface area contributed by atoms with Gasteiger partial charge in [0.05, 0.1) is 13.1 Å². The van der Waals surface area contributed by atoms with Gasteiger partial charge < -0.3 is 10.4 Å². The Bertz CT molecular complexity index is 503. The van der Waals surface area contributed by atoms with E-state index in [0.29, 0.717) is 0 Å². The predicted molar refractivity (Wildman–Crippen MR) is 86.9 cm³/mol. The Kier molecular flexibility index (Phi) is 6.41. The monoisotopic (exact) mass is 390 g/mol. The SMILES string of the molecule is Cc1cc(I)ccc1NC(=O)CN(CC(=O)O)C(C)C. The van der Waals surface area contributed by atoms with Crippen LogP contribution in [0.4, 0.5) is 5.69 Å². The number of aryl methyl sites for hydroxylation is 1. The zero-order chi connectivity index (χ0) is 15.3. The Labute approximate surface area is 132 Å². The third-order valence-corrected chi connectivity index (χ3v) is 3.55. The van der Waals surface area contributed by atoms with Gasteiger partial charge in [-0.1, -0.05) is 0 Å². The third kappa shape index (κ3) is 5.46. The quantitative estimate of drug-likeness (QED) is 0.732. The van der Waals surface area contributed by atoms with Crippen LogP contribution in [0.25, 0.3) is 0 Å². The molecule has 0 saturated heterocycles. The van der Waals surface area contributed by atoms with Gasteiger partial charge in [-0.25, -0.2) is 0 Å². The normalized spacial score (nSPS) is 10.9. The number of carbonyl (C=O) groups excluding carboxylic acids is 1. The maximum atomic E-state index is 12.0. The molecule has 0 bridgehead atoms. The van der Waals surface area contributed by atoms with Gasteiger partial charge in [-0.15, -0.1) is 0 Å². The fourth-order valence-corrected chi connectivity index (χ4v) is 2.38. The number of benzene rings is 1. The van der Waals surface area contributed by atoms with E-state index >= 15 is 0 Å². The number of hydrogen-bond donors (Lipinski definition) is 2. The molecule has 1 amide bonds. The van der Waals surface area contributed by atoms with Crippen LogP contribution in [0.3, 0.4) is 0 Å². The second-order valence-electron chi connectivity index (χ2n) is 4.90. The van der Waals surface area contributed by atoms with E-state index in [9.17, 15) is 9.59 Å². The lowest BCUT2D eigenvalue weighted by molar-refractivity contribution is -0.139. The summed E-state index contributed by atoms with van der Waals surface area (Å²) in [4.78, 5) is 24.4. The molecule has 110 valence electrons. The minimum atomic E-state index is -0.933. The van der Waals surface area contributed by atoms with Crippen LogP contribution in [0.15, 0.2) is 18.2 Å². The molecule has 0 radical (unpaired) electrons. The molecular weight excluding hydrogens is 371 g/mol. The molecule has 1 aromatic carbocycles. The van der Waals surface area contributed by atoms with Crippen molar-refractivity contribution in [3.63, 3.8) is 0 Å². The molecule has 2 N–H and O–H groups in total. The number of anilines is 1. The number of amides is 1. The number of hydrogen-bond acceptors (Lipinski definition) is 3. The Morgan fingerprint density at radius 1 is 1.35 bits per heavy atom. The molecule has 0 aliphatic heterocycles. The maximum absolute atomic E-state index is 12.0. The second kappa shape index (κ2) is 7.58. The van der Waals surface area contributed by atoms with E-state index in [1.807, 2.05) is 39.0 Å². The van der Waals surface area contributed by atoms with Crippen LogP contribution in [-0.2, 0) is 9.59 Å². The maximum Gasteiger partial charge on any atom is 0.317 e. The molecule has 1 aromatic rings. The first-order valence-electron chi connectivity index (χ1n) is 6.31. The van der Waals surface area contributed by atoms with Gasteiger partial charge in [0.1, 0.15) is 0 Å². The number of carboxylic acid groups (broad SMARTS) is 1. The number of rotatable bonds is 6. The largest absolute Gasteiger partial charge is 0.480 e. The van der Waals surface area contributed by atoms with Gasteiger partial charge >= 0.3 is 5.97 Å². The summed E-state index contributed by atoms with van der Waals surface area (Å²) in [5.74, 6) is -1.14. The minimum absolute atomic E-state index is 0.00494. The molecule has 0 aliphatic rings. The van der Waals surface area contributed by atoms with Gasteiger partial charge in [0.15, 0.2) is 0 Å². The first kappa shape index (κ1) is 16.9. The Hall–Kier alpha value is -1.15. The first-order valence-corrected chi connectivity index (χ1v) is 7.39. The molecule has 0 atom stereocenters. The van der Waals surface area contributed by atoms with Crippen molar-refractivity contribution in [2.24, 2.45) is 0 Å². The van der Waals surface area contributed by atoms with Crippen LogP contribution in [0, 0.1) is 10.5 Å². The molecule has 6 heteroatoms. The number of aliphatic carboxylic acids is 1. The van der Waals surface area contributed by atoms with Crippen molar-refractivity contribution in [1.82, 2.24) is 4.90 Å². The van der Waals surface area contributed by atoms with Crippen LogP contribution in [-0.4, -0.2) is 41.0 Å². The van der Waals surface area contributed by atoms with Crippen molar-refractivity contribution in [2.45, 2.75) is 26.8 Å². The number of halogens is 1. The molecule has 1 rings (SSSR count). The molecule has 0 heterocycles. The zero-order valence-corrected chi connectivity index (χ0v) is 14.0. The fraction of sp³-hybridized carbons (Fsp3) is 0.429. The highest BCUT2D eigenvalue weighted by Gasteiger charge is 2.17. The van der Waals surface area contributed by atoms with E-state index in [4.69, 9.17) is 5.11 Å². The minimum Gasteiger partial charge on any atom is -0.480 e. The summed E-state index contributed by atoms with van der Waals surface area (Å²) in [6.07, 6.45) is 0. The van der Waals surface area contributed by atoms with Crippen molar-refractivity contribution >= 4 is 40.2 Å². The molecule has 0 spiro atoms. The molecule has 20 heavy (non-hydrogen) atoms. The van der Waals surface area contributed by atoms with Crippen LogP contribution in [0.5, 0.6) is 0 Å². The highest BCUT2D eigenvalue weighted by Crippen LogP contribution is 2.17. The summed E-state index contributed by atoms with van der Waals surface area (Å²) in [5, 5.41) is 11.7. The summed E-state index contributed by atoms with van der Waals surface area (Å²) in [7, 11) is 0. The van der Waals surface area contributed by atoms with E-state index in [-0.39, 0.29) is 25.0 Å². The van der Waals surface area contributed by atoms with Crippen molar-refractivity contribution < 1.29 is 14.7 Å². The van der Waals surface area contributed by atoms with E-state index < -0.39 is 5.97 Å². The summed E-state index contributed by atoms with van der Waals surface area (Å²) in [5.41, 5.74) is 1.74. The van der Waals surface area contributed by atoms with Gasteiger partial charge in [0, 0.05) is 15.3 Å². The number of carbonyl (C=O) groups is 2. The number of nitrogens with zero attached hydrogens (tertiary/aromatic N) is 1. The molecule has 0 saturated carbocycles. The smallest absolute Gasteiger partial charge is 0.317 e.